The molecule has 1 saturated heterocycles. The van der Waals surface area contributed by atoms with E-state index in [1.165, 1.54) is 0 Å². The first-order valence-corrected chi connectivity index (χ1v) is 11.4. The molecule has 8 heteroatoms. The Morgan fingerprint density at radius 3 is 2.69 bits per heavy atom. The molecule has 1 N–H and O–H groups in total. The second-order valence-corrected chi connectivity index (χ2v) is 8.36. The first-order valence-electron chi connectivity index (χ1n) is 11.4. The summed E-state index contributed by atoms with van der Waals surface area (Å²) in [5, 5.41) is 2.86. The van der Waals surface area contributed by atoms with Crippen LogP contribution < -0.4 is 5.32 Å². The van der Waals surface area contributed by atoms with Crippen molar-refractivity contribution in [3.63, 3.8) is 0 Å². The van der Waals surface area contributed by atoms with Crippen molar-refractivity contribution in [3.05, 3.63) is 48.5 Å². The molecule has 8 nitrogen and oxygen atoms in total. The van der Waals surface area contributed by atoms with E-state index in [4.69, 9.17) is 0 Å². The van der Waals surface area contributed by atoms with Gasteiger partial charge in [-0.2, -0.15) is 0 Å². The molecule has 0 aliphatic carbocycles. The van der Waals surface area contributed by atoms with Gasteiger partial charge >= 0.3 is 0 Å². The van der Waals surface area contributed by atoms with E-state index in [9.17, 15) is 14.4 Å². The maximum absolute atomic E-state index is 13.0. The minimum absolute atomic E-state index is 0.0120. The van der Waals surface area contributed by atoms with Gasteiger partial charge in [0.25, 0.3) is 5.91 Å². The number of carbonyl (C=O) groups is 3. The van der Waals surface area contributed by atoms with Crippen LogP contribution in [0.3, 0.4) is 0 Å². The SMILES string of the molecule is CCCCN(C)C(=O)C1CCN(C(=O)c2cccc(NC(=O)CCn3ccnc3)c2)CC1. The largest absolute Gasteiger partial charge is 0.346 e. The van der Waals surface area contributed by atoms with Gasteiger partial charge in [-0.1, -0.05) is 19.4 Å². The molecule has 0 radical (unpaired) electrons. The number of imidazole rings is 1. The highest BCUT2D eigenvalue weighted by atomic mass is 16.2. The minimum Gasteiger partial charge on any atom is -0.346 e. The molecule has 0 spiro atoms. The number of hydrogen-bond donors (Lipinski definition) is 1. The number of unbranched alkanes of at least 4 members (excludes halogenated alkanes) is 1. The van der Waals surface area contributed by atoms with Gasteiger partial charge in [-0.25, -0.2) is 4.98 Å². The normalized spacial score (nSPS) is 14.2. The molecule has 3 rings (SSSR count). The number of nitrogens with zero attached hydrogens (tertiary/aromatic N) is 4. The van der Waals surface area contributed by atoms with Crippen LogP contribution >= 0.6 is 0 Å². The summed E-state index contributed by atoms with van der Waals surface area (Å²) in [6.45, 7) is 4.59. The number of hydrogen-bond acceptors (Lipinski definition) is 4. The summed E-state index contributed by atoms with van der Waals surface area (Å²) in [6, 6.07) is 7.03. The van der Waals surface area contributed by atoms with Gasteiger partial charge in [0.15, 0.2) is 0 Å². The van der Waals surface area contributed by atoms with E-state index >= 15 is 0 Å². The molecule has 172 valence electrons. The molecule has 1 aliphatic rings. The topological polar surface area (TPSA) is 87.5 Å². The highest BCUT2D eigenvalue weighted by molar-refractivity contribution is 5.97. The molecular formula is C24H33N5O3. The van der Waals surface area contributed by atoms with Crippen LogP contribution in [-0.4, -0.2) is 63.8 Å². The number of amides is 3. The average molecular weight is 440 g/mol. The van der Waals surface area contributed by atoms with Crippen LogP contribution in [0.2, 0.25) is 0 Å². The molecule has 1 aromatic heterocycles. The zero-order valence-electron chi connectivity index (χ0n) is 19.0. The fourth-order valence-electron chi connectivity index (χ4n) is 3.93. The van der Waals surface area contributed by atoms with Crippen molar-refractivity contribution in [2.45, 2.75) is 45.6 Å². The standard InChI is InChI=1S/C24H33N5O3/c1-3-4-12-27(2)23(31)19-8-14-29(15-9-19)24(32)20-6-5-7-21(17-20)26-22(30)10-13-28-16-11-25-18-28/h5-7,11,16-19H,3-4,8-10,12-15H2,1-2H3,(H,26,30). The number of aromatic nitrogens is 2. The number of nitrogens with one attached hydrogen (secondary N) is 1. The Morgan fingerprint density at radius 1 is 1.22 bits per heavy atom. The van der Waals surface area contributed by atoms with E-state index < -0.39 is 0 Å². The zero-order valence-corrected chi connectivity index (χ0v) is 19.0. The molecule has 0 unspecified atom stereocenters. The lowest BCUT2D eigenvalue weighted by molar-refractivity contribution is -0.135. The monoisotopic (exact) mass is 439 g/mol. The maximum atomic E-state index is 13.0. The van der Waals surface area contributed by atoms with Gasteiger partial charge in [0, 0.05) is 69.2 Å². The summed E-state index contributed by atoms with van der Waals surface area (Å²) in [5.41, 5.74) is 1.15. The Labute approximate surface area is 189 Å². The smallest absolute Gasteiger partial charge is 0.253 e. The molecule has 2 heterocycles. The van der Waals surface area contributed by atoms with Crippen LogP contribution in [0.15, 0.2) is 43.0 Å². The lowest BCUT2D eigenvalue weighted by atomic mass is 9.94. The van der Waals surface area contributed by atoms with Crippen LogP contribution in [0, 0.1) is 5.92 Å². The Hall–Kier alpha value is -3.16. The van der Waals surface area contributed by atoms with Crippen molar-refractivity contribution in [1.82, 2.24) is 19.4 Å². The fraction of sp³-hybridized carbons (Fsp3) is 0.500. The van der Waals surface area contributed by atoms with E-state index in [0.29, 0.717) is 50.1 Å². The van der Waals surface area contributed by atoms with Crippen molar-refractivity contribution in [3.8, 4) is 0 Å². The van der Waals surface area contributed by atoms with Crippen molar-refractivity contribution in [1.29, 1.82) is 0 Å². The molecule has 32 heavy (non-hydrogen) atoms. The Bertz CT molecular complexity index is 904. The third-order valence-corrected chi connectivity index (χ3v) is 5.90. The van der Waals surface area contributed by atoms with Gasteiger partial charge in [0.1, 0.15) is 0 Å². The minimum atomic E-state index is -0.116. The number of carbonyl (C=O) groups excluding carboxylic acids is 3. The van der Waals surface area contributed by atoms with Gasteiger partial charge in [-0.15, -0.1) is 0 Å². The van der Waals surface area contributed by atoms with Gasteiger partial charge in [0.2, 0.25) is 11.8 Å². The molecule has 3 amide bonds. The molecule has 1 fully saturated rings. The quantitative estimate of drug-likeness (QED) is 0.651. The van der Waals surface area contributed by atoms with Crippen LogP contribution in [0.5, 0.6) is 0 Å². The van der Waals surface area contributed by atoms with Crippen molar-refractivity contribution in [2.24, 2.45) is 5.92 Å². The van der Waals surface area contributed by atoms with E-state index in [1.54, 1.807) is 41.7 Å². The van der Waals surface area contributed by atoms with Crippen LogP contribution in [0.1, 0.15) is 49.4 Å². The Balaban J connectivity index is 1.50. The van der Waals surface area contributed by atoms with Gasteiger partial charge in [-0.05, 0) is 37.5 Å². The summed E-state index contributed by atoms with van der Waals surface area (Å²) in [4.78, 5) is 45.4. The number of rotatable bonds is 9. The summed E-state index contributed by atoms with van der Waals surface area (Å²) >= 11 is 0. The number of piperidine rings is 1. The molecule has 2 aromatic rings. The highest BCUT2D eigenvalue weighted by Crippen LogP contribution is 2.22. The summed E-state index contributed by atoms with van der Waals surface area (Å²) in [6.07, 6.45) is 8.93. The first-order chi connectivity index (χ1) is 15.5. The molecule has 0 saturated carbocycles. The van der Waals surface area contributed by atoms with Gasteiger partial charge in [0.05, 0.1) is 6.33 Å². The Kier molecular flexibility index (Phi) is 8.41. The van der Waals surface area contributed by atoms with Crippen LogP contribution in [-0.2, 0) is 16.1 Å². The lowest BCUT2D eigenvalue weighted by Crippen LogP contribution is -2.43. The molecule has 0 atom stereocenters. The third-order valence-electron chi connectivity index (χ3n) is 5.90. The molecule has 0 bridgehead atoms. The number of aryl methyl sites for hydroxylation is 1. The predicted octanol–water partition coefficient (Wildman–Crippen LogP) is 3.02. The highest BCUT2D eigenvalue weighted by Gasteiger charge is 2.29. The fourth-order valence-corrected chi connectivity index (χ4v) is 3.93. The second-order valence-electron chi connectivity index (χ2n) is 8.36. The summed E-state index contributed by atoms with van der Waals surface area (Å²) in [5.74, 6) is -0.00690. The molecule has 1 aliphatic heterocycles. The van der Waals surface area contributed by atoms with E-state index in [1.807, 2.05) is 22.7 Å². The average Bonchev–Trinajstić information content (AvgIpc) is 3.34. The predicted molar refractivity (Wildman–Crippen MR) is 123 cm³/mol. The molecule has 1 aromatic carbocycles. The van der Waals surface area contributed by atoms with Crippen LogP contribution in [0.25, 0.3) is 0 Å². The zero-order chi connectivity index (χ0) is 22.9. The summed E-state index contributed by atoms with van der Waals surface area (Å²) < 4.78 is 1.84. The van der Waals surface area contributed by atoms with Gasteiger partial charge < -0.3 is 19.7 Å². The van der Waals surface area contributed by atoms with E-state index in [0.717, 1.165) is 19.4 Å². The second kappa shape index (κ2) is 11.5. The van der Waals surface area contributed by atoms with Crippen LogP contribution in [0.4, 0.5) is 5.69 Å². The maximum Gasteiger partial charge on any atom is 0.253 e. The number of anilines is 1. The van der Waals surface area contributed by atoms with E-state index in [2.05, 4.69) is 17.2 Å². The van der Waals surface area contributed by atoms with Crippen molar-refractivity contribution < 1.29 is 14.4 Å². The number of benzene rings is 1. The summed E-state index contributed by atoms with van der Waals surface area (Å²) in [7, 11) is 1.87. The number of likely N-dealkylation sites (tertiary alicyclic amines) is 1. The third kappa shape index (κ3) is 6.42. The van der Waals surface area contributed by atoms with Crippen molar-refractivity contribution in [2.75, 3.05) is 32.0 Å². The lowest BCUT2D eigenvalue weighted by Gasteiger charge is -2.33. The van der Waals surface area contributed by atoms with E-state index in [-0.39, 0.29) is 23.6 Å². The Morgan fingerprint density at radius 2 is 2.00 bits per heavy atom. The first kappa shape index (κ1) is 23.5. The van der Waals surface area contributed by atoms with Gasteiger partial charge in [-0.3, -0.25) is 14.4 Å². The van der Waals surface area contributed by atoms with Crippen molar-refractivity contribution >= 4 is 23.4 Å². The molecular weight excluding hydrogens is 406 g/mol.